The van der Waals surface area contributed by atoms with E-state index in [1.165, 1.54) is 23.2 Å². The van der Waals surface area contributed by atoms with E-state index in [1.54, 1.807) is 0 Å². The molecule has 17 heavy (non-hydrogen) atoms. The van der Waals surface area contributed by atoms with Gasteiger partial charge in [-0.05, 0) is 44.7 Å². The zero-order valence-electron chi connectivity index (χ0n) is 11.7. The lowest BCUT2D eigenvalue weighted by atomic mass is 10.1. The molecular weight excluding hydrogens is 208 g/mol. The van der Waals surface area contributed by atoms with Crippen LogP contribution in [0.3, 0.4) is 0 Å². The minimum absolute atomic E-state index is 0.363. The van der Waals surface area contributed by atoms with Crippen LogP contribution in [0, 0.1) is 13.8 Å². The van der Waals surface area contributed by atoms with Gasteiger partial charge in [-0.3, -0.25) is 0 Å². The first kappa shape index (κ1) is 14.0. The Kier molecular flexibility index (Phi) is 5.49. The van der Waals surface area contributed by atoms with E-state index in [9.17, 15) is 0 Å². The standard InChI is InChI=1S/C15H26N2/c1-5-14(16)7-6-10-17(4)15-9-8-12(2)11-13(15)3/h8-9,11,14H,5-7,10,16H2,1-4H3. The molecule has 2 N–H and O–H groups in total. The van der Waals surface area contributed by atoms with E-state index in [0.717, 1.165) is 19.4 Å². The van der Waals surface area contributed by atoms with Crippen molar-refractivity contribution < 1.29 is 0 Å². The minimum atomic E-state index is 0.363. The third-order valence-electron chi connectivity index (χ3n) is 3.36. The first-order valence-electron chi connectivity index (χ1n) is 6.58. The van der Waals surface area contributed by atoms with E-state index >= 15 is 0 Å². The van der Waals surface area contributed by atoms with Crippen LogP contribution in [0.5, 0.6) is 0 Å². The van der Waals surface area contributed by atoms with Crippen LogP contribution < -0.4 is 10.6 Å². The van der Waals surface area contributed by atoms with Crippen molar-refractivity contribution >= 4 is 5.69 Å². The summed E-state index contributed by atoms with van der Waals surface area (Å²) < 4.78 is 0. The van der Waals surface area contributed by atoms with Crippen molar-refractivity contribution in [1.29, 1.82) is 0 Å². The molecule has 0 heterocycles. The first-order valence-corrected chi connectivity index (χ1v) is 6.58. The number of hydrogen-bond donors (Lipinski definition) is 1. The van der Waals surface area contributed by atoms with Gasteiger partial charge in [0.1, 0.15) is 0 Å². The molecule has 1 unspecified atom stereocenters. The highest BCUT2D eigenvalue weighted by Gasteiger charge is 2.05. The molecular formula is C15H26N2. The smallest absolute Gasteiger partial charge is 0.0393 e. The molecule has 96 valence electrons. The van der Waals surface area contributed by atoms with Gasteiger partial charge in [-0.1, -0.05) is 24.6 Å². The Morgan fingerprint density at radius 2 is 2.00 bits per heavy atom. The molecule has 0 aliphatic heterocycles. The van der Waals surface area contributed by atoms with Gasteiger partial charge in [-0.15, -0.1) is 0 Å². The van der Waals surface area contributed by atoms with Crippen LogP contribution in [-0.2, 0) is 0 Å². The zero-order chi connectivity index (χ0) is 12.8. The Balaban J connectivity index is 2.49. The van der Waals surface area contributed by atoms with Gasteiger partial charge in [0, 0.05) is 25.3 Å². The Morgan fingerprint density at radius 1 is 1.29 bits per heavy atom. The molecule has 1 rings (SSSR count). The molecule has 0 saturated carbocycles. The zero-order valence-corrected chi connectivity index (χ0v) is 11.7. The monoisotopic (exact) mass is 234 g/mol. The van der Waals surface area contributed by atoms with Gasteiger partial charge < -0.3 is 10.6 Å². The van der Waals surface area contributed by atoms with E-state index in [4.69, 9.17) is 5.73 Å². The highest BCUT2D eigenvalue weighted by Crippen LogP contribution is 2.20. The molecule has 0 aliphatic carbocycles. The van der Waals surface area contributed by atoms with Gasteiger partial charge in [0.25, 0.3) is 0 Å². The second-order valence-electron chi connectivity index (χ2n) is 5.02. The molecule has 0 radical (unpaired) electrons. The summed E-state index contributed by atoms with van der Waals surface area (Å²) in [7, 11) is 2.16. The van der Waals surface area contributed by atoms with Crippen molar-refractivity contribution in [3.05, 3.63) is 29.3 Å². The lowest BCUT2D eigenvalue weighted by molar-refractivity contribution is 0.568. The molecule has 0 bridgehead atoms. The number of anilines is 1. The largest absolute Gasteiger partial charge is 0.374 e. The van der Waals surface area contributed by atoms with Gasteiger partial charge in [-0.25, -0.2) is 0 Å². The summed E-state index contributed by atoms with van der Waals surface area (Å²) in [5.41, 5.74) is 9.94. The van der Waals surface area contributed by atoms with Crippen LogP contribution >= 0.6 is 0 Å². The van der Waals surface area contributed by atoms with Crippen LogP contribution in [0.1, 0.15) is 37.3 Å². The fourth-order valence-electron chi connectivity index (χ4n) is 2.15. The molecule has 0 saturated heterocycles. The molecule has 0 fully saturated rings. The Morgan fingerprint density at radius 3 is 2.59 bits per heavy atom. The van der Waals surface area contributed by atoms with Crippen LogP contribution in [0.2, 0.25) is 0 Å². The Labute approximate surface area is 106 Å². The highest BCUT2D eigenvalue weighted by atomic mass is 15.1. The molecule has 1 aromatic rings. The van der Waals surface area contributed by atoms with Gasteiger partial charge in [0.15, 0.2) is 0 Å². The van der Waals surface area contributed by atoms with Crippen LogP contribution in [0.15, 0.2) is 18.2 Å². The fraction of sp³-hybridized carbons (Fsp3) is 0.600. The van der Waals surface area contributed by atoms with Gasteiger partial charge in [0.2, 0.25) is 0 Å². The topological polar surface area (TPSA) is 29.3 Å². The summed E-state index contributed by atoms with van der Waals surface area (Å²) in [6, 6.07) is 6.99. The van der Waals surface area contributed by atoms with E-state index in [-0.39, 0.29) is 0 Å². The molecule has 1 aromatic carbocycles. The molecule has 0 aliphatic rings. The lowest BCUT2D eigenvalue weighted by Gasteiger charge is -2.22. The average Bonchev–Trinajstić information content (AvgIpc) is 2.28. The van der Waals surface area contributed by atoms with Crippen molar-refractivity contribution in [2.75, 3.05) is 18.5 Å². The van der Waals surface area contributed by atoms with Crippen LogP contribution in [0.4, 0.5) is 5.69 Å². The van der Waals surface area contributed by atoms with Crippen molar-refractivity contribution in [1.82, 2.24) is 0 Å². The summed E-state index contributed by atoms with van der Waals surface area (Å²) in [6.07, 6.45) is 3.36. The maximum Gasteiger partial charge on any atom is 0.0393 e. The average molecular weight is 234 g/mol. The number of nitrogens with zero attached hydrogens (tertiary/aromatic N) is 1. The predicted molar refractivity (Wildman–Crippen MR) is 76.7 cm³/mol. The van der Waals surface area contributed by atoms with Crippen molar-refractivity contribution in [3.8, 4) is 0 Å². The summed E-state index contributed by atoms with van der Waals surface area (Å²) in [4.78, 5) is 2.33. The molecule has 0 spiro atoms. The van der Waals surface area contributed by atoms with Gasteiger partial charge in [-0.2, -0.15) is 0 Å². The fourth-order valence-corrected chi connectivity index (χ4v) is 2.15. The number of aryl methyl sites for hydroxylation is 2. The molecule has 2 heteroatoms. The second kappa shape index (κ2) is 6.65. The molecule has 0 amide bonds. The van der Waals surface area contributed by atoms with Crippen molar-refractivity contribution in [2.45, 2.75) is 46.1 Å². The quantitative estimate of drug-likeness (QED) is 0.818. The SMILES string of the molecule is CCC(N)CCCN(C)c1ccc(C)cc1C. The molecule has 0 aromatic heterocycles. The maximum atomic E-state index is 5.93. The third kappa shape index (κ3) is 4.39. The number of nitrogens with two attached hydrogens (primary N) is 1. The second-order valence-corrected chi connectivity index (χ2v) is 5.02. The summed E-state index contributed by atoms with van der Waals surface area (Å²) >= 11 is 0. The Hall–Kier alpha value is -1.02. The summed E-state index contributed by atoms with van der Waals surface area (Å²) in [6.45, 7) is 7.55. The van der Waals surface area contributed by atoms with Gasteiger partial charge in [0.05, 0.1) is 0 Å². The Bertz CT molecular complexity index is 347. The minimum Gasteiger partial charge on any atom is -0.374 e. The summed E-state index contributed by atoms with van der Waals surface area (Å²) in [5.74, 6) is 0. The first-order chi connectivity index (χ1) is 8.04. The number of rotatable bonds is 6. The predicted octanol–water partition coefficient (Wildman–Crippen LogP) is 3.26. The molecule has 1 atom stereocenters. The van der Waals surface area contributed by atoms with Crippen molar-refractivity contribution in [2.24, 2.45) is 5.73 Å². The van der Waals surface area contributed by atoms with E-state index in [2.05, 4.69) is 50.9 Å². The van der Waals surface area contributed by atoms with Crippen LogP contribution in [-0.4, -0.2) is 19.6 Å². The van der Waals surface area contributed by atoms with E-state index < -0.39 is 0 Å². The third-order valence-corrected chi connectivity index (χ3v) is 3.36. The maximum absolute atomic E-state index is 5.93. The summed E-state index contributed by atoms with van der Waals surface area (Å²) in [5, 5.41) is 0. The number of benzene rings is 1. The van der Waals surface area contributed by atoms with Crippen molar-refractivity contribution in [3.63, 3.8) is 0 Å². The van der Waals surface area contributed by atoms with Gasteiger partial charge >= 0.3 is 0 Å². The van der Waals surface area contributed by atoms with E-state index in [0.29, 0.717) is 6.04 Å². The lowest BCUT2D eigenvalue weighted by Crippen LogP contribution is -2.23. The normalized spacial score (nSPS) is 12.5. The van der Waals surface area contributed by atoms with Crippen LogP contribution in [0.25, 0.3) is 0 Å². The number of hydrogen-bond acceptors (Lipinski definition) is 2. The highest BCUT2D eigenvalue weighted by molar-refractivity contribution is 5.53. The van der Waals surface area contributed by atoms with E-state index in [1.807, 2.05) is 0 Å². The molecule has 2 nitrogen and oxygen atoms in total.